The molecule has 120 valence electrons. The molecule has 0 aliphatic carbocycles. The van der Waals surface area contributed by atoms with Crippen LogP contribution in [0.4, 0.5) is 0 Å². The maximum atomic E-state index is 12.3. The van der Waals surface area contributed by atoms with E-state index in [4.69, 9.17) is 4.42 Å². The summed E-state index contributed by atoms with van der Waals surface area (Å²) in [7, 11) is -3.49. The molecular weight excluding hydrogens is 312 g/mol. The van der Waals surface area contributed by atoms with Crippen molar-refractivity contribution in [2.45, 2.75) is 25.2 Å². The minimum atomic E-state index is -3.49. The summed E-state index contributed by atoms with van der Waals surface area (Å²) in [5, 5.41) is 0. The molecular formula is C17H18N2O3S. The zero-order valence-electron chi connectivity index (χ0n) is 13.0. The predicted molar refractivity (Wildman–Crippen MR) is 88.8 cm³/mol. The number of sulfonamides is 1. The Morgan fingerprint density at radius 2 is 1.91 bits per heavy atom. The van der Waals surface area contributed by atoms with Crippen molar-refractivity contribution in [2.75, 3.05) is 6.54 Å². The lowest BCUT2D eigenvalue weighted by molar-refractivity contribution is 0.560. The molecule has 0 atom stereocenters. The Morgan fingerprint density at radius 1 is 1.13 bits per heavy atom. The zero-order valence-corrected chi connectivity index (χ0v) is 13.9. The second-order valence-electron chi connectivity index (χ2n) is 5.45. The Labute approximate surface area is 135 Å². The van der Waals surface area contributed by atoms with Crippen LogP contribution in [0.15, 0.2) is 51.8 Å². The molecule has 0 aliphatic heterocycles. The molecule has 0 spiro atoms. The first kappa shape index (κ1) is 15.7. The Hall–Kier alpha value is -2.18. The van der Waals surface area contributed by atoms with E-state index in [1.807, 2.05) is 24.3 Å². The number of oxazole rings is 1. The van der Waals surface area contributed by atoms with Gasteiger partial charge in [-0.3, -0.25) is 0 Å². The molecule has 0 aliphatic rings. The van der Waals surface area contributed by atoms with Crippen LogP contribution < -0.4 is 4.72 Å². The lowest BCUT2D eigenvalue weighted by Gasteiger charge is -2.09. The number of rotatable bonds is 5. The van der Waals surface area contributed by atoms with Crippen molar-refractivity contribution in [1.82, 2.24) is 9.71 Å². The Morgan fingerprint density at radius 3 is 2.70 bits per heavy atom. The summed E-state index contributed by atoms with van der Waals surface area (Å²) < 4.78 is 32.8. The van der Waals surface area contributed by atoms with Crippen molar-refractivity contribution >= 4 is 21.1 Å². The number of benzene rings is 2. The van der Waals surface area contributed by atoms with Gasteiger partial charge >= 0.3 is 0 Å². The van der Waals surface area contributed by atoms with E-state index in [1.54, 1.807) is 32.0 Å². The second-order valence-corrected chi connectivity index (χ2v) is 7.18. The molecule has 2 aromatic carbocycles. The van der Waals surface area contributed by atoms with Crippen LogP contribution in [0, 0.1) is 13.8 Å². The molecule has 5 nitrogen and oxygen atoms in total. The second kappa shape index (κ2) is 6.14. The highest BCUT2D eigenvalue weighted by Crippen LogP contribution is 2.17. The van der Waals surface area contributed by atoms with Crippen LogP contribution in [-0.4, -0.2) is 19.9 Å². The molecule has 3 aromatic rings. The third kappa shape index (κ3) is 3.43. The van der Waals surface area contributed by atoms with Crippen LogP contribution in [0.3, 0.4) is 0 Å². The fourth-order valence-corrected chi connectivity index (χ4v) is 3.78. The van der Waals surface area contributed by atoms with E-state index >= 15 is 0 Å². The molecule has 1 heterocycles. The molecule has 0 saturated heterocycles. The van der Waals surface area contributed by atoms with Crippen molar-refractivity contribution < 1.29 is 12.8 Å². The average Bonchev–Trinajstić information content (AvgIpc) is 2.86. The molecule has 6 heteroatoms. The average molecular weight is 330 g/mol. The highest BCUT2D eigenvalue weighted by molar-refractivity contribution is 7.89. The minimum Gasteiger partial charge on any atom is -0.441 e. The number of aryl methyl sites for hydroxylation is 2. The molecule has 0 bridgehead atoms. The van der Waals surface area contributed by atoms with Gasteiger partial charge in [-0.15, -0.1) is 0 Å². The van der Waals surface area contributed by atoms with Crippen molar-refractivity contribution in [3.63, 3.8) is 0 Å². The first-order valence-electron chi connectivity index (χ1n) is 7.37. The smallest absolute Gasteiger partial charge is 0.240 e. The van der Waals surface area contributed by atoms with E-state index in [-0.39, 0.29) is 0 Å². The predicted octanol–water partition coefficient (Wildman–Crippen LogP) is 2.97. The maximum absolute atomic E-state index is 12.3. The van der Waals surface area contributed by atoms with Gasteiger partial charge in [-0.25, -0.2) is 18.1 Å². The zero-order chi connectivity index (χ0) is 16.4. The van der Waals surface area contributed by atoms with Gasteiger partial charge in [0.1, 0.15) is 5.52 Å². The number of hydrogen-bond donors (Lipinski definition) is 1. The molecule has 0 unspecified atom stereocenters. The first-order chi connectivity index (χ1) is 11.0. The molecule has 0 amide bonds. The van der Waals surface area contributed by atoms with Crippen molar-refractivity contribution in [2.24, 2.45) is 0 Å². The largest absolute Gasteiger partial charge is 0.441 e. The van der Waals surface area contributed by atoms with Gasteiger partial charge in [0.2, 0.25) is 10.0 Å². The topological polar surface area (TPSA) is 72.2 Å². The van der Waals surface area contributed by atoms with Crippen LogP contribution in [0.1, 0.15) is 17.0 Å². The molecule has 0 radical (unpaired) electrons. The number of hydrogen-bond acceptors (Lipinski definition) is 4. The van der Waals surface area contributed by atoms with Gasteiger partial charge in [-0.05, 0) is 42.7 Å². The SMILES string of the molecule is Cc1nc2ccc(CCNS(=O)(=O)c3ccccc3C)cc2o1. The quantitative estimate of drug-likeness (QED) is 0.780. The number of nitrogens with one attached hydrogen (secondary N) is 1. The molecule has 1 N–H and O–H groups in total. The number of aromatic nitrogens is 1. The van der Waals surface area contributed by atoms with Crippen LogP contribution in [0.2, 0.25) is 0 Å². The van der Waals surface area contributed by atoms with Crippen molar-refractivity contribution in [3.8, 4) is 0 Å². The van der Waals surface area contributed by atoms with Crippen LogP contribution in [-0.2, 0) is 16.4 Å². The number of fused-ring (bicyclic) bond motifs is 1. The summed E-state index contributed by atoms with van der Waals surface area (Å²) in [6.45, 7) is 3.92. The molecule has 23 heavy (non-hydrogen) atoms. The fourth-order valence-electron chi connectivity index (χ4n) is 2.51. The van der Waals surface area contributed by atoms with E-state index in [0.717, 1.165) is 22.2 Å². The Balaban J connectivity index is 1.69. The van der Waals surface area contributed by atoms with E-state index in [9.17, 15) is 8.42 Å². The summed E-state index contributed by atoms with van der Waals surface area (Å²) in [5.41, 5.74) is 3.27. The summed E-state index contributed by atoms with van der Waals surface area (Å²) in [6, 6.07) is 12.7. The van der Waals surface area contributed by atoms with E-state index in [1.165, 1.54) is 0 Å². The molecule has 3 rings (SSSR count). The van der Waals surface area contributed by atoms with Gasteiger partial charge in [0.05, 0.1) is 4.90 Å². The van der Waals surface area contributed by atoms with Gasteiger partial charge < -0.3 is 4.42 Å². The lowest BCUT2D eigenvalue weighted by atomic mass is 10.1. The normalized spacial score (nSPS) is 11.9. The summed E-state index contributed by atoms with van der Waals surface area (Å²) >= 11 is 0. The van der Waals surface area contributed by atoms with Crippen molar-refractivity contribution in [3.05, 3.63) is 59.5 Å². The monoisotopic (exact) mass is 330 g/mol. The van der Waals surface area contributed by atoms with Crippen LogP contribution >= 0.6 is 0 Å². The lowest BCUT2D eigenvalue weighted by Crippen LogP contribution is -2.26. The number of nitrogens with zero attached hydrogens (tertiary/aromatic N) is 1. The minimum absolute atomic E-state index is 0.321. The Kier molecular flexibility index (Phi) is 4.19. The van der Waals surface area contributed by atoms with Crippen molar-refractivity contribution in [1.29, 1.82) is 0 Å². The van der Waals surface area contributed by atoms with Gasteiger partial charge in [0, 0.05) is 13.5 Å². The first-order valence-corrected chi connectivity index (χ1v) is 8.85. The van der Waals surface area contributed by atoms with E-state index < -0.39 is 10.0 Å². The van der Waals surface area contributed by atoms with Gasteiger partial charge in [0.15, 0.2) is 11.5 Å². The van der Waals surface area contributed by atoms with Crippen LogP contribution in [0.25, 0.3) is 11.1 Å². The molecule has 0 saturated carbocycles. The molecule has 0 fully saturated rings. The van der Waals surface area contributed by atoms with E-state index in [2.05, 4.69) is 9.71 Å². The molecule has 1 aromatic heterocycles. The van der Waals surface area contributed by atoms with Gasteiger partial charge in [-0.2, -0.15) is 0 Å². The Bertz CT molecular complexity index is 945. The highest BCUT2D eigenvalue weighted by Gasteiger charge is 2.15. The summed E-state index contributed by atoms with van der Waals surface area (Å²) in [4.78, 5) is 4.57. The third-order valence-electron chi connectivity index (χ3n) is 3.65. The standard InChI is InChI=1S/C17H18N2O3S/c1-12-5-3-4-6-17(12)23(20,21)18-10-9-14-7-8-15-16(11-14)22-13(2)19-15/h3-8,11,18H,9-10H2,1-2H3. The maximum Gasteiger partial charge on any atom is 0.240 e. The van der Waals surface area contributed by atoms with E-state index in [0.29, 0.717) is 23.8 Å². The highest BCUT2D eigenvalue weighted by atomic mass is 32.2. The summed E-state index contributed by atoms with van der Waals surface area (Å²) in [5.74, 6) is 0.623. The van der Waals surface area contributed by atoms with Gasteiger partial charge in [0.25, 0.3) is 0 Å². The summed E-state index contributed by atoms with van der Waals surface area (Å²) in [6.07, 6.45) is 0.584. The fraction of sp³-hybridized carbons (Fsp3) is 0.235. The third-order valence-corrected chi connectivity index (χ3v) is 5.27. The van der Waals surface area contributed by atoms with Gasteiger partial charge in [-0.1, -0.05) is 24.3 Å². The van der Waals surface area contributed by atoms with Crippen LogP contribution in [0.5, 0.6) is 0 Å².